The minimum atomic E-state index is -0.646. The van der Waals surface area contributed by atoms with Gasteiger partial charge in [-0.05, 0) is 118 Å². The van der Waals surface area contributed by atoms with Crippen LogP contribution in [0.15, 0.2) is 205 Å². The van der Waals surface area contributed by atoms with Crippen LogP contribution in [0.4, 0.5) is 0 Å². The Morgan fingerprint density at radius 2 is 1.27 bits per heavy atom. The Balaban J connectivity index is 1.21. The maximum Gasteiger partial charge on any atom is 0.164 e. The molecule has 0 bridgehead atoms. The zero-order valence-corrected chi connectivity index (χ0v) is 38.9. The molecule has 0 amide bonds. The van der Waals surface area contributed by atoms with Gasteiger partial charge in [-0.1, -0.05) is 169 Å². The number of fused-ring (bicyclic) bond motifs is 4. The van der Waals surface area contributed by atoms with Crippen molar-refractivity contribution in [2.24, 2.45) is 0 Å². The van der Waals surface area contributed by atoms with Crippen molar-refractivity contribution in [3.63, 3.8) is 0 Å². The van der Waals surface area contributed by atoms with Crippen LogP contribution in [-0.2, 0) is 10.8 Å². The lowest BCUT2D eigenvalue weighted by atomic mass is 9.61. The lowest BCUT2D eigenvalue weighted by Crippen LogP contribution is -2.36. The molecular weight excluding hydrogens is 817 g/mol. The normalized spacial score (nSPS) is 19.3. The third kappa shape index (κ3) is 6.64. The fourth-order valence-corrected chi connectivity index (χ4v) is 11.7. The zero-order valence-electron chi connectivity index (χ0n) is 38.9. The van der Waals surface area contributed by atoms with Crippen LogP contribution in [0.5, 0.6) is 23.0 Å². The Kier molecular flexibility index (Phi) is 10.7. The van der Waals surface area contributed by atoms with E-state index in [1.807, 2.05) is 0 Å². The molecular formula is C63H54N2O2. The van der Waals surface area contributed by atoms with Crippen molar-refractivity contribution >= 4 is 0 Å². The Morgan fingerprint density at radius 3 is 1.97 bits per heavy atom. The van der Waals surface area contributed by atoms with Gasteiger partial charge in [0.2, 0.25) is 0 Å². The van der Waals surface area contributed by atoms with E-state index >= 15 is 0 Å². The number of allylic oxidation sites excluding steroid dienone is 12. The van der Waals surface area contributed by atoms with Gasteiger partial charge < -0.3 is 9.47 Å². The van der Waals surface area contributed by atoms with Gasteiger partial charge in [0, 0.05) is 33.4 Å². The third-order valence-electron chi connectivity index (χ3n) is 14.2. The molecule has 0 spiro atoms. The van der Waals surface area contributed by atoms with Gasteiger partial charge in [0.25, 0.3) is 0 Å². The van der Waals surface area contributed by atoms with E-state index in [0.29, 0.717) is 5.82 Å². The van der Waals surface area contributed by atoms with E-state index in [2.05, 4.69) is 223 Å². The summed E-state index contributed by atoms with van der Waals surface area (Å²) in [7, 11) is 0. The monoisotopic (exact) mass is 870 g/mol. The zero-order chi connectivity index (χ0) is 45.7. The second-order valence-corrected chi connectivity index (χ2v) is 18.2. The summed E-state index contributed by atoms with van der Waals surface area (Å²) in [6.45, 7) is 10.8. The molecule has 67 heavy (non-hydrogen) atoms. The lowest BCUT2D eigenvalue weighted by Gasteiger charge is -2.44. The summed E-state index contributed by atoms with van der Waals surface area (Å²) >= 11 is 0. The van der Waals surface area contributed by atoms with E-state index in [-0.39, 0.29) is 0 Å². The van der Waals surface area contributed by atoms with Crippen molar-refractivity contribution in [3.05, 3.63) is 249 Å². The minimum Gasteiger partial charge on any atom is -0.456 e. The largest absolute Gasteiger partial charge is 0.456 e. The first-order valence-corrected chi connectivity index (χ1v) is 23.8. The predicted octanol–water partition coefficient (Wildman–Crippen LogP) is 16.3. The summed E-state index contributed by atoms with van der Waals surface area (Å²) in [5.41, 5.74) is 16.1. The van der Waals surface area contributed by atoms with Gasteiger partial charge in [-0.2, -0.15) is 0 Å². The van der Waals surface area contributed by atoms with Crippen LogP contribution in [0, 0.1) is 20.8 Å². The van der Waals surface area contributed by atoms with Crippen LogP contribution < -0.4 is 9.47 Å². The summed E-state index contributed by atoms with van der Waals surface area (Å²) in [4.78, 5) is 11.2. The highest BCUT2D eigenvalue weighted by atomic mass is 16.5. The molecule has 2 aliphatic carbocycles. The van der Waals surface area contributed by atoms with E-state index in [1.165, 1.54) is 27.8 Å². The van der Waals surface area contributed by atoms with Crippen LogP contribution in [0.25, 0.3) is 33.9 Å². The highest BCUT2D eigenvalue weighted by molar-refractivity contribution is 5.84. The van der Waals surface area contributed by atoms with E-state index in [1.54, 1.807) is 0 Å². The van der Waals surface area contributed by atoms with Gasteiger partial charge >= 0.3 is 0 Å². The molecule has 11 rings (SSSR count). The molecule has 2 aliphatic heterocycles. The van der Waals surface area contributed by atoms with Crippen LogP contribution in [0.3, 0.4) is 0 Å². The molecule has 6 aromatic carbocycles. The fraction of sp³-hybridized carbons (Fsp3) is 0.175. The minimum absolute atomic E-state index is 0.585. The molecule has 4 heteroatoms. The number of aromatic nitrogens is 2. The van der Waals surface area contributed by atoms with E-state index in [0.717, 1.165) is 110 Å². The number of hydrogen-bond donors (Lipinski definition) is 0. The molecule has 0 fully saturated rings. The number of aryl methyl sites for hydroxylation is 3. The van der Waals surface area contributed by atoms with Crippen molar-refractivity contribution in [2.75, 3.05) is 0 Å². The van der Waals surface area contributed by atoms with Gasteiger partial charge in [-0.3, -0.25) is 0 Å². The summed E-state index contributed by atoms with van der Waals surface area (Å²) in [5.74, 6) is 3.80. The maximum absolute atomic E-state index is 7.21. The molecule has 1 aromatic heterocycles. The summed E-state index contributed by atoms with van der Waals surface area (Å²) in [6, 6.07) is 47.8. The van der Waals surface area contributed by atoms with Crippen molar-refractivity contribution in [1.29, 1.82) is 0 Å². The molecule has 2 atom stereocenters. The molecule has 0 N–H and O–H groups in total. The summed E-state index contributed by atoms with van der Waals surface area (Å²) in [6.07, 6.45) is 24.4. The van der Waals surface area contributed by atoms with E-state index < -0.39 is 10.8 Å². The molecule has 0 saturated heterocycles. The second kappa shape index (κ2) is 17.0. The number of nitrogens with zero attached hydrogens (tertiary/aromatic N) is 2. The smallest absolute Gasteiger partial charge is 0.164 e. The first-order chi connectivity index (χ1) is 32.9. The summed E-state index contributed by atoms with van der Waals surface area (Å²) < 4.78 is 14.4. The Labute approximate surface area is 395 Å². The van der Waals surface area contributed by atoms with E-state index in [4.69, 9.17) is 19.4 Å². The highest BCUT2D eigenvalue weighted by Gasteiger charge is 2.49. The average Bonchev–Trinajstić information content (AvgIpc) is 3.36. The molecule has 4 nitrogen and oxygen atoms in total. The number of benzene rings is 6. The van der Waals surface area contributed by atoms with Gasteiger partial charge in [-0.15, -0.1) is 0 Å². The van der Waals surface area contributed by atoms with E-state index in [9.17, 15) is 0 Å². The second-order valence-electron chi connectivity index (χ2n) is 18.2. The summed E-state index contributed by atoms with van der Waals surface area (Å²) in [5, 5.41) is 0. The lowest BCUT2D eigenvalue weighted by molar-refractivity contribution is 0.431. The molecule has 7 aromatic rings. The Hall–Kier alpha value is -7.56. The average molecular weight is 871 g/mol. The van der Waals surface area contributed by atoms with Crippen LogP contribution in [0.2, 0.25) is 0 Å². The van der Waals surface area contributed by atoms with Crippen molar-refractivity contribution in [2.45, 2.75) is 71.1 Å². The van der Waals surface area contributed by atoms with Crippen molar-refractivity contribution in [1.82, 2.24) is 9.97 Å². The third-order valence-corrected chi connectivity index (χ3v) is 14.2. The Morgan fingerprint density at radius 1 is 0.612 bits per heavy atom. The SMILES string of the molecule is C/C=C\C(=C/C)C1(C2=CC=CCC2)c2ccccc2Oc2c(-c3cc(-c4c(C)cc(C)cc4C)nc(-c4cccc5c4Oc4ccccc4C5(C4=CCCC=C4)c4ccccc4)n3)cccc21. The molecule has 3 heterocycles. The van der Waals surface area contributed by atoms with Crippen molar-refractivity contribution < 1.29 is 9.47 Å². The van der Waals surface area contributed by atoms with Crippen molar-refractivity contribution in [3.8, 4) is 56.9 Å². The highest BCUT2D eigenvalue weighted by Crippen LogP contribution is 2.60. The fourth-order valence-electron chi connectivity index (χ4n) is 11.7. The number of ether oxygens (including phenoxy) is 2. The van der Waals surface area contributed by atoms with Gasteiger partial charge in [0.05, 0.1) is 27.8 Å². The molecule has 328 valence electrons. The molecule has 2 unspecified atom stereocenters. The van der Waals surface area contributed by atoms with Crippen LogP contribution in [-0.4, -0.2) is 9.97 Å². The van der Waals surface area contributed by atoms with Gasteiger partial charge in [0.1, 0.15) is 23.0 Å². The topological polar surface area (TPSA) is 44.2 Å². The first-order valence-electron chi connectivity index (χ1n) is 23.8. The first kappa shape index (κ1) is 42.1. The molecule has 0 saturated carbocycles. The predicted molar refractivity (Wildman–Crippen MR) is 274 cm³/mol. The molecule has 4 aliphatic rings. The Bertz CT molecular complexity index is 3290. The maximum atomic E-state index is 7.21. The molecule has 0 radical (unpaired) electrons. The van der Waals surface area contributed by atoms with Crippen LogP contribution in [0.1, 0.15) is 84.0 Å². The van der Waals surface area contributed by atoms with Gasteiger partial charge in [-0.25, -0.2) is 9.97 Å². The standard InChI is InChI=1S/C63H54N2O2/c1-6-23-44(7-2)62(45-24-11-8-12-25-45)50-32-17-19-36-56(50)66-59-48(30-21-34-52(59)62)54-40-55(58-42(4)38-41(3)39-43(58)5)65-61(64-54)49-31-22-35-53-60(49)67-57-37-20-18-33-51(57)63(53,46-26-13-9-14-27-46)47-28-15-10-16-29-47/h6-9,11,13-15,17-24,26-40H,10,12,16,25H2,1-5H3/b23-6-,44-7+. The number of para-hydroxylation sites is 4. The van der Waals surface area contributed by atoms with Gasteiger partial charge in [0.15, 0.2) is 5.82 Å². The number of hydrogen-bond acceptors (Lipinski definition) is 4. The number of rotatable bonds is 8. The quantitative estimate of drug-likeness (QED) is 0.143. The van der Waals surface area contributed by atoms with Crippen LogP contribution >= 0.6 is 0 Å².